The number of anilines is 2. The van der Waals surface area contributed by atoms with Gasteiger partial charge in [-0.3, -0.25) is 0 Å². The molecular formula is C15H16N2O3. The predicted molar refractivity (Wildman–Crippen MR) is 78.4 cm³/mol. The number of ether oxygens (including phenoxy) is 1. The first-order valence-corrected chi connectivity index (χ1v) is 6.27. The highest BCUT2D eigenvalue weighted by Gasteiger charge is 2.03. The summed E-state index contributed by atoms with van der Waals surface area (Å²) in [4.78, 5) is 11.8. The zero-order valence-corrected chi connectivity index (χ0v) is 11.1. The number of phenolic OH excluding ortho intramolecular Hbond substituents is 1. The summed E-state index contributed by atoms with van der Waals surface area (Å²) in [5, 5.41) is 14.6. The van der Waals surface area contributed by atoms with Crippen LogP contribution >= 0.6 is 0 Å². The SMILES string of the molecule is CCOc1ccc(NC(=O)Nc2cccc(O)c2)cc1. The number of hydrogen-bond acceptors (Lipinski definition) is 3. The molecule has 0 heterocycles. The van der Waals surface area contributed by atoms with Crippen LogP contribution < -0.4 is 15.4 Å². The third kappa shape index (κ3) is 3.91. The van der Waals surface area contributed by atoms with Gasteiger partial charge in [0, 0.05) is 17.4 Å². The summed E-state index contributed by atoms with van der Waals surface area (Å²) in [5.74, 6) is 0.857. The summed E-state index contributed by atoms with van der Waals surface area (Å²) in [6.45, 7) is 2.51. The number of amides is 2. The molecule has 104 valence electrons. The van der Waals surface area contributed by atoms with Gasteiger partial charge in [0.1, 0.15) is 11.5 Å². The molecule has 2 rings (SSSR count). The minimum absolute atomic E-state index is 0.101. The lowest BCUT2D eigenvalue weighted by atomic mass is 10.3. The Morgan fingerprint density at radius 3 is 2.45 bits per heavy atom. The van der Waals surface area contributed by atoms with Crippen molar-refractivity contribution in [2.24, 2.45) is 0 Å². The van der Waals surface area contributed by atoms with Crippen LogP contribution in [0.1, 0.15) is 6.92 Å². The average molecular weight is 272 g/mol. The van der Waals surface area contributed by atoms with E-state index in [0.717, 1.165) is 5.75 Å². The van der Waals surface area contributed by atoms with Crippen molar-refractivity contribution in [3.63, 3.8) is 0 Å². The molecule has 0 radical (unpaired) electrons. The van der Waals surface area contributed by atoms with Crippen molar-refractivity contribution in [3.05, 3.63) is 48.5 Å². The van der Waals surface area contributed by atoms with Gasteiger partial charge in [-0.2, -0.15) is 0 Å². The first kappa shape index (κ1) is 13.7. The molecule has 0 aromatic heterocycles. The van der Waals surface area contributed by atoms with Gasteiger partial charge in [0.25, 0.3) is 0 Å². The van der Waals surface area contributed by atoms with Crippen LogP contribution in [0.4, 0.5) is 16.2 Å². The average Bonchev–Trinajstić information content (AvgIpc) is 2.41. The molecule has 0 atom stereocenters. The van der Waals surface area contributed by atoms with Crippen LogP contribution in [0, 0.1) is 0 Å². The number of aromatic hydroxyl groups is 1. The Kier molecular flexibility index (Phi) is 4.44. The van der Waals surface area contributed by atoms with Gasteiger partial charge >= 0.3 is 6.03 Å². The number of phenols is 1. The van der Waals surface area contributed by atoms with Crippen LogP contribution in [0.5, 0.6) is 11.5 Å². The Balaban J connectivity index is 1.94. The van der Waals surface area contributed by atoms with E-state index < -0.39 is 0 Å². The Morgan fingerprint density at radius 1 is 1.10 bits per heavy atom. The molecule has 2 amide bonds. The van der Waals surface area contributed by atoms with Gasteiger partial charge in [-0.1, -0.05) is 6.07 Å². The Hall–Kier alpha value is -2.69. The third-order valence-electron chi connectivity index (χ3n) is 2.53. The summed E-state index contributed by atoms with van der Waals surface area (Å²) in [5.41, 5.74) is 1.18. The Morgan fingerprint density at radius 2 is 1.80 bits per heavy atom. The third-order valence-corrected chi connectivity index (χ3v) is 2.53. The van der Waals surface area contributed by atoms with E-state index in [1.165, 1.54) is 12.1 Å². The van der Waals surface area contributed by atoms with E-state index in [1.807, 2.05) is 6.92 Å². The number of hydrogen-bond donors (Lipinski definition) is 3. The standard InChI is InChI=1S/C15H16N2O3/c1-2-20-14-8-6-11(7-9-14)16-15(19)17-12-4-3-5-13(18)10-12/h3-10,18H,2H2,1H3,(H2,16,17,19). The van der Waals surface area contributed by atoms with Gasteiger partial charge in [0.05, 0.1) is 6.61 Å². The van der Waals surface area contributed by atoms with Crippen molar-refractivity contribution in [1.29, 1.82) is 0 Å². The number of carbonyl (C=O) groups excluding carboxylic acids is 1. The highest BCUT2D eigenvalue weighted by molar-refractivity contribution is 5.99. The lowest BCUT2D eigenvalue weighted by molar-refractivity contribution is 0.262. The molecule has 0 unspecified atom stereocenters. The number of rotatable bonds is 4. The second kappa shape index (κ2) is 6.47. The fraction of sp³-hybridized carbons (Fsp3) is 0.133. The zero-order valence-electron chi connectivity index (χ0n) is 11.1. The molecule has 0 spiro atoms. The predicted octanol–water partition coefficient (Wildman–Crippen LogP) is 3.43. The van der Waals surface area contributed by atoms with E-state index in [0.29, 0.717) is 18.0 Å². The molecule has 3 N–H and O–H groups in total. The molecule has 0 aliphatic heterocycles. The topological polar surface area (TPSA) is 70.6 Å². The van der Waals surface area contributed by atoms with Crippen molar-refractivity contribution in [2.75, 3.05) is 17.2 Å². The molecule has 0 bridgehead atoms. The van der Waals surface area contributed by atoms with E-state index >= 15 is 0 Å². The molecule has 0 saturated carbocycles. The van der Waals surface area contributed by atoms with Crippen LogP contribution in [0.2, 0.25) is 0 Å². The fourth-order valence-corrected chi connectivity index (χ4v) is 1.68. The maximum Gasteiger partial charge on any atom is 0.323 e. The van der Waals surface area contributed by atoms with Gasteiger partial charge in [-0.25, -0.2) is 4.79 Å². The van der Waals surface area contributed by atoms with E-state index in [2.05, 4.69) is 10.6 Å². The smallest absolute Gasteiger partial charge is 0.323 e. The normalized spacial score (nSPS) is 9.85. The zero-order chi connectivity index (χ0) is 14.4. The minimum Gasteiger partial charge on any atom is -0.508 e. The molecule has 20 heavy (non-hydrogen) atoms. The van der Waals surface area contributed by atoms with E-state index in [9.17, 15) is 9.90 Å². The lowest BCUT2D eigenvalue weighted by Gasteiger charge is -2.09. The summed E-state index contributed by atoms with van der Waals surface area (Å²) in [7, 11) is 0. The van der Waals surface area contributed by atoms with Crippen LogP contribution in [-0.2, 0) is 0 Å². The maximum atomic E-state index is 11.8. The van der Waals surface area contributed by atoms with Crippen LogP contribution in [0.25, 0.3) is 0 Å². The molecule has 5 nitrogen and oxygen atoms in total. The summed E-state index contributed by atoms with van der Waals surface area (Å²) >= 11 is 0. The molecular weight excluding hydrogens is 256 g/mol. The van der Waals surface area contributed by atoms with Gasteiger partial charge in [0.15, 0.2) is 0 Å². The highest BCUT2D eigenvalue weighted by atomic mass is 16.5. The van der Waals surface area contributed by atoms with E-state index in [1.54, 1.807) is 36.4 Å². The monoisotopic (exact) mass is 272 g/mol. The van der Waals surface area contributed by atoms with Gasteiger partial charge in [-0.05, 0) is 43.3 Å². The molecule has 0 saturated heterocycles. The second-order valence-electron chi connectivity index (χ2n) is 4.09. The van der Waals surface area contributed by atoms with Gasteiger partial charge in [0.2, 0.25) is 0 Å². The van der Waals surface area contributed by atoms with Crippen LogP contribution in [0.3, 0.4) is 0 Å². The van der Waals surface area contributed by atoms with Crippen molar-refractivity contribution in [1.82, 2.24) is 0 Å². The molecule has 0 aliphatic rings. The Labute approximate surface area is 117 Å². The number of nitrogens with one attached hydrogen (secondary N) is 2. The van der Waals surface area contributed by atoms with Crippen LogP contribution in [0.15, 0.2) is 48.5 Å². The van der Waals surface area contributed by atoms with Crippen LogP contribution in [-0.4, -0.2) is 17.7 Å². The number of carbonyl (C=O) groups is 1. The first-order chi connectivity index (χ1) is 9.67. The summed E-state index contributed by atoms with van der Waals surface area (Å²) in [6.07, 6.45) is 0. The number of urea groups is 1. The molecule has 0 fully saturated rings. The quantitative estimate of drug-likeness (QED) is 0.798. The van der Waals surface area contributed by atoms with Crippen molar-refractivity contribution >= 4 is 17.4 Å². The van der Waals surface area contributed by atoms with Gasteiger partial charge < -0.3 is 20.5 Å². The second-order valence-corrected chi connectivity index (χ2v) is 4.09. The summed E-state index contributed by atoms with van der Waals surface area (Å²) in [6, 6.07) is 13.1. The first-order valence-electron chi connectivity index (χ1n) is 6.27. The molecule has 2 aromatic carbocycles. The molecule has 0 aliphatic carbocycles. The van der Waals surface area contributed by atoms with Crippen molar-refractivity contribution in [2.45, 2.75) is 6.92 Å². The van der Waals surface area contributed by atoms with Gasteiger partial charge in [-0.15, -0.1) is 0 Å². The van der Waals surface area contributed by atoms with E-state index in [4.69, 9.17) is 4.74 Å². The highest BCUT2D eigenvalue weighted by Crippen LogP contribution is 2.17. The largest absolute Gasteiger partial charge is 0.508 e. The fourth-order valence-electron chi connectivity index (χ4n) is 1.68. The van der Waals surface area contributed by atoms with E-state index in [-0.39, 0.29) is 11.8 Å². The number of benzene rings is 2. The Bertz CT molecular complexity index is 582. The van der Waals surface area contributed by atoms with Crippen molar-refractivity contribution in [3.8, 4) is 11.5 Å². The van der Waals surface area contributed by atoms with Crippen molar-refractivity contribution < 1.29 is 14.6 Å². The minimum atomic E-state index is -0.375. The molecule has 2 aromatic rings. The lowest BCUT2D eigenvalue weighted by Crippen LogP contribution is -2.19. The molecule has 5 heteroatoms. The summed E-state index contributed by atoms with van der Waals surface area (Å²) < 4.78 is 5.32. The maximum absolute atomic E-state index is 11.8.